The van der Waals surface area contributed by atoms with E-state index in [4.69, 9.17) is 0 Å². The molecule has 3 rings (SSSR count). The van der Waals surface area contributed by atoms with Gasteiger partial charge >= 0.3 is 0 Å². The van der Waals surface area contributed by atoms with Gasteiger partial charge in [0.15, 0.2) is 0 Å². The maximum atomic E-state index is 2.77. The molecular formula is C18H28ClN. The summed E-state index contributed by atoms with van der Waals surface area (Å²) in [5.41, 5.74) is 2.95. The van der Waals surface area contributed by atoms with E-state index < -0.39 is 0 Å². The van der Waals surface area contributed by atoms with Gasteiger partial charge in [-0.2, -0.15) is 0 Å². The van der Waals surface area contributed by atoms with Gasteiger partial charge in [0, 0.05) is 6.04 Å². The van der Waals surface area contributed by atoms with E-state index in [9.17, 15) is 0 Å². The van der Waals surface area contributed by atoms with Crippen molar-refractivity contribution in [3.05, 3.63) is 35.4 Å². The lowest BCUT2D eigenvalue weighted by Gasteiger charge is -2.39. The van der Waals surface area contributed by atoms with Crippen LogP contribution < -0.4 is 0 Å². The van der Waals surface area contributed by atoms with Crippen molar-refractivity contribution < 1.29 is 0 Å². The first kappa shape index (κ1) is 15.9. The molecule has 1 nitrogen and oxygen atoms in total. The molecule has 1 saturated heterocycles. The molecule has 1 aliphatic heterocycles. The van der Waals surface area contributed by atoms with Crippen LogP contribution in [0.25, 0.3) is 0 Å². The predicted octanol–water partition coefficient (Wildman–Crippen LogP) is 4.93. The molecular weight excluding hydrogens is 266 g/mol. The first-order valence-corrected chi connectivity index (χ1v) is 8.13. The molecule has 2 aliphatic rings. The zero-order valence-electron chi connectivity index (χ0n) is 12.7. The third-order valence-electron chi connectivity index (χ3n) is 5.15. The Hall–Kier alpha value is -0.530. The molecule has 0 radical (unpaired) electrons. The monoisotopic (exact) mass is 293 g/mol. The fraction of sp³-hybridized carbons (Fsp3) is 0.667. The van der Waals surface area contributed by atoms with Gasteiger partial charge in [-0.3, -0.25) is 0 Å². The Morgan fingerprint density at radius 3 is 2.05 bits per heavy atom. The van der Waals surface area contributed by atoms with Gasteiger partial charge in [-0.15, -0.1) is 12.4 Å². The molecule has 0 atom stereocenters. The van der Waals surface area contributed by atoms with Gasteiger partial charge in [-0.25, -0.2) is 0 Å². The third-order valence-corrected chi connectivity index (χ3v) is 5.15. The standard InChI is InChI=1S/C18H27N.ClH/c1-15-5-7-16(8-6-15)17-9-11-18(12-10-17)19-13-3-2-4-14-19;/h5-8,17-18H,2-4,9-14H2,1H3;1H. The number of nitrogens with zero attached hydrogens (tertiary/aromatic N) is 1. The van der Waals surface area contributed by atoms with E-state index in [-0.39, 0.29) is 12.4 Å². The SMILES string of the molecule is Cc1ccc(C2CCC(N3CCCCC3)CC2)cc1.Cl. The number of likely N-dealkylation sites (tertiary alicyclic amines) is 1. The van der Waals surface area contributed by atoms with Crippen molar-refractivity contribution in [2.24, 2.45) is 0 Å². The normalized spacial score (nSPS) is 27.9. The lowest BCUT2D eigenvalue weighted by molar-refractivity contribution is 0.125. The van der Waals surface area contributed by atoms with Crippen molar-refractivity contribution >= 4 is 12.4 Å². The number of hydrogen-bond donors (Lipinski definition) is 0. The molecule has 1 heterocycles. The van der Waals surface area contributed by atoms with Gasteiger partial charge in [0.1, 0.15) is 0 Å². The van der Waals surface area contributed by atoms with E-state index in [1.54, 1.807) is 5.56 Å². The first-order chi connectivity index (χ1) is 9.33. The average Bonchev–Trinajstić information content (AvgIpc) is 2.49. The topological polar surface area (TPSA) is 3.24 Å². The number of piperidine rings is 1. The van der Waals surface area contributed by atoms with Crippen LogP contribution in [0.3, 0.4) is 0 Å². The summed E-state index contributed by atoms with van der Waals surface area (Å²) in [6, 6.07) is 10.1. The summed E-state index contributed by atoms with van der Waals surface area (Å²) < 4.78 is 0. The van der Waals surface area contributed by atoms with Crippen molar-refractivity contribution in [1.29, 1.82) is 0 Å². The molecule has 2 fully saturated rings. The molecule has 1 aliphatic carbocycles. The second-order valence-electron chi connectivity index (χ2n) is 6.51. The van der Waals surface area contributed by atoms with Crippen molar-refractivity contribution in [3.8, 4) is 0 Å². The highest BCUT2D eigenvalue weighted by Crippen LogP contribution is 2.35. The van der Waals surface area contributed by atoms with Crippen LogP contribution >= 0.6 is 12.4 Å². The Morgan fingerprint density at radius 2 is 1.45 bits per heavy atom. The molecule has 1 aromatic carbocycles. The summed E-state index contributed by atoms with van der Waals surface area (Å²) in [5, 5.41) is 0. The Labute approximate surface area is 130 Å². The van der Waals surface area contributed by atoms with Crippen LogP contribution in [0.1, 0.15) is 62.0 Å². The Kier molecular flexibility index (Phi) is 5.92. The van der Waals surface area contributed by atoms with Crippen molar-refractivity contribution in [1.82, 2.24) is 4.90 Å². The molecule has 1 aromatic rings. The largest absolute Gasteiger partial charge is 0.300 e. The molecule has 20 heavy (non-hydrogen) atoms. The first-order valence-electron chi connectivity index (χ1n) is 8.13. The fourth-order valence-corrected chi connectivity index (χ4v) is 3.90. The molecule has 112 valence electrons. The van der Waals surface area contributed by atoms with Crippen LogP contribution in [-0.2, 0) is 0 Å². The number of hydrogen-bond acceptors (Lipinski definition) is 1. The molecule has 2 heteroatoms. The lowest BCUT2D eigenvalue weighted by atomic mass is 9.80. The second kappa shape index (κ2) is 7.47. The van der Waals surface area contributed by atoms with Crippen LogP contribution in [0, 0.1) is 6.92 Å². The molecule has 0 bridgehead atoms. The lowest BCUT2D eigenvalue weighted by Crippen LogP contribution is -2.41. The summed E-state index contributed by atoms with van der Waals surface area (Å²) in [6.45, 7) is 4.90. The van der Waals surface area contributed by atoms with Gasteiger partial charge < -0.3 is 4.90 Å². The van der Waals surface area contributed by atoms with Crippen molar-refractivity contribution in [2.75, 3.05) is 13.1 Å². The Morgan fingerprint density at radius 1 is 0.850 bits per heavy atom. The quantitative estimate of drug-likeness (QED) is 0.747. The minimum atomic E-state index is 0. The summed E-state index contributed by atoms with van der Waals surface area (Å²) in [7, 11) is 0. The van der Waals surface area contributed by atoms with E-state index >= 15 is 0 Å². The highest BCUT2D eigenvalue weighted by atomic mass is 35.5. The number of aryl methyl sites for hydroxylation is 1. The molecule has 0 unspecified atom stereocenters. The van der Waals surface area contributed by atoms with Gasteiger partial charge in [0.05, 0.1) is 0 Å². The van der Waals surface area contributed by atoms with Gasteiger partial charge in [-0.1, -0.05) is 36.2 Å². The van der Waals surface area contributed by atoms with Crippen molar-refractivity contribution in [3.63, 3.8) is 0 Å². The maximum absolute atomic E-state index is 2.77. The zero-order valence-corrected chi connectivity index (χ0v) is 13.5. The smallest absolute Gasteiger partial charge is 0.00956 e. The Bertz CT molecular complexity index is 386. The van der Waals surface area contributed by atoms with Crippen LogP contribution in [0.5, 0.6) is 0 Å². The molecule has 0 aromatic heterocycles. The minimum Gasteiger partial charge on any atom is -0.300 e. The average molecular weight is 294 g/mol. The fourth-order valence-electron chi connectivity index (χ4n) is 3.90. The predicted molar refractivity (Wildman–Crippen MR) is 88.8 cm³/mol. The molecule has 0 N–H and O–H groups in total. The van der Waals surface area contributed by atoms with E-state index in [0.717, 1.165) is 12.0 Å². The van der Waals surface area contributed by atoms with E-state index in [0.29, 0.717) is 0 Å². The van der Waals surface area contributed by atoms with E-state index in [1.165, 1.54) is 63.6 Å². The second-order valence-corrected chi connectivity index (χ2v) is 6.51. The van der Waals surface area contributed by atoms with Gasteiger partial charge in [0.25, 0.3) is 0 Å². The molecule has 0 spiro atoms. The summed E-state index contributed by atoms with van der Waals surface area (Å²) in [6.07, 6.45) is 9.93. The molecule has 0 amide bonds. The number of rotatable bonds is 2. The minimum absolute atomic E-state index is 0. The number of benzene rings is 1. The number of halogens is 1. The van der Waals surface area contributed by atoms with Gasteiger partial charge in [0.2, 0.25) is 0 Å². The maximum Gasteiger partial charge on any atom is 0.00956 e. The molecule has 1 saturated carbocycles. The highest BCUT2D eigenvalue weighted by molar-refractivity contribution is 5.85. The van der Waals surface area contributed by atoms with Crippen molar-refractivity contribution in [2.45, 2.75) is 63.8 Å². The van der Waals surface area contributed by atoms with Gasteiger partial charge in [-0.05, 0) is 70.0 Å². The zero-order chi connectivity index (χ0) is 13.1. The Balaban J connectivity index is 0.00000147. The van der Waals surface area contributed by atoms with Crippen LogP contribution in [0.2, 0.25) is 0 Å². The van der Waals surface area contributed by atoms with Crippen LogP contribution in [-0.4, -0.2) is 24.0 Å². The summed E-state index contributed by atoms with van der Waals surface area (Å²) in [4.78, 5) is 2.77. The van der Waals surface area contributed by atoms with Crippen LogP contribution in [0.15, 0.2) is 24.3 Å². The summed E-state index contributed by atoms with van der Waals surface area (Å²) in [5.74, 6) is 0.821. The van der Waals surface area contributed by atoms with E-state index in [1.807, 2.05) is 0 Å². The third kappa shape index (κ3) is 3.77. The summed E-state index contributed by atoms with van der Waals surface area (Å²) >= 11 is 0. The van der Waals surface area contributed by atoms with E-state index in [2.05, 4.69) is 36.1 Å². The van der Waals surface area contributed by atoms with Crippen LogP contribution in [0.4, 0.5) is 0 Å². The highest BCUT2D eigenvalue weighted by Gasteiger charge is 2.27.